The molecule has 2 heterocycles. The molecule has 1 aliphatic rings. The van der Waals surface area contributed by atoms with Crippen LogP contribution in [0.1, 0.15) is 22.5 Å². The molecule has 146 valence electrons. The summed E-state index contributed by atoms with van der Waals surface area (Å²) >= 11 is 0. The van der Waals surface area contributed by atoms with Gasteiger partial charge in [-0.05, 0) is 26.8 Å². The van der Waals surface area contributed by atoms with E-state index < -0.39 is 0 Å². The maximum atomic E-state index is 11.2. The zero-order chi connectivity index (χ0) is 19.6. The largest absolute Gasteiger partial charge is 0.496 e. The highest BCUT2D eigenvalue weighted by Gasteiger charge is 2.24. The fourth-order valence-electron chi connectivity index (χ4n) is 3.64. The molecule has 0 unspecified atom stereocenters. The number of ether oxygens (including phenoxy) is 1. The first kappa shape index (κ1) is 19.3. The second-order valence-electron chi connectivity index (χ2n) is 7.13. The second kappa shape index (κ2) is 8.06. The standard InChI is InChI=1S/C19H27N5O3/c1-14-5-6-18(27-4)17(11-14)12-21-7-9-22(10-8-21)13-23-16(3)19(24(25)26)15(2)20-23/h5-6,11H,7-10,12-13H2,1-4H3. The highest BCUT2D eigenvalue weighted by Crippen LogP contribution is 2.23. The topological polar surface area (TPSA) is 76.7 Å². The minimum Gasteiger partial charge on any atom is -0.496 e. The normalized spacial score (nSPS) is 15.9. The lowest BCUT2D eigenvalue weighted by atomic mass is 10.1. The Labute approximate surface area is 159 Å². The molecular formula is C19H27N5O3. The van der Waals surface area contributed by atoms with E-state index in [0.717, 1.165) is 38.5 Å². The van der Waals surface area contributed by atoms with Crippen LogP contribution in [-0.4, -0.2) is 57.8 Å². The molecule has 0 N–H and O–H groups in total. The maximum absolute atomic E-state index is 11.2. The molecule has 1 aliphatic heterocycles. The van der Waals surface area contributed by atoms with Gasteiger partial charge < -0.3 is 4.74 Å². The zero-order valence-electron chi connectivity index (χ0n) is 16.4. The van der Waals surface area contributed by atoms with Gasteiger partial charge in [0.25, 0.3) is 0 Å². The third kappa shape index (κ3) is 4.28. The van der Waals surface area contributed by atoms with Gasteiger partial charge in [-0.1, -0.05) is 17.7 Å². The summed E-state index contributed by atoms with van der Waals surface area (Å²) in [5.74, 6) is 0.929. The number of benzene rings is 1. The van der Waals surface area contributed by atoms with Crippen LogP contribution in [0.2, 0.25) is 0 Å². The highest BCUT2D eigenvalue weighted by molar-refractivity contribution is 5.39. The van der Waals surface area contributed by atoms with Crippen LogP contribution in [0.15, 0.2) is 18.2 Å². The van der Waals surface area contributed by atoms with Crippen molar-refractivity contribution in [2.45, 2.75) is 34.0 Å². The maximum Gasteiger partial charge on any atom is 0.312 e. The molecule has 0 spiro atoms. The van der Waals surface area contributed by atoms with E-state index in [4.69, 9.17) is 4.74 Å². The molecule has 8 heteroatoms. The van der Waals surface area contributed by atoms with E-state index in [-0.39, 0.29) is 10.6 Å². The van der Waals surface area contributed by atoms with Crippen molar-refractivity contribution in [1.29, 1.82) is 0 Å². The van der Waals surface area contributed by atoms with Crippen molar-refractivity contribution >= 4 is 5.69 Å². The Bertz CT molecular complexity index is 825. The fraction of sp³-hybridized carbons (Fsp3) is 0.526. The zero-order valence-corrected chi connectivity index (χ0v) is 16.4. The van der Waals surface area contributed by atoms with E-state index in [1.165, 1.54) is 11.1 Å². The van der Waals surface area contributed by atoms with Gasteiger partial charge in [-0.15, -0.1) is 0 Å². The van der Waals surface area contributed by atoms with Crippen molar-refractivity contribution in [1.82, 2.24) is 19.6 Å². The summed E-state index contributed by atoms with van der Waals surface area (Å²) in [5.41, 5.74) is 3.66. The predicted molar refractivity (Wildman–Crippen MR) is 103 cm³/mol. The van der Waals surface area contributed by atoms with Crippen molar-refractivity contribution in [2.75, 3.05) is 33.3 Å². The number of aryl methyl sites for hydroxylation is 2. The first-order valence-corrected chi connectivity index (χ1v) is 9.15. The Balaban J connectivity index is 1.59. The first-order valence-electron chi connectivity index (χ1n) is 9.15. The van der Waals surface area contributed by atoms with Crippen molar-refractivity contribution in [3.05, 3.63) is 50.8 Å². The molecule has 1 saturated heterocycles. The van der Waals surface area contributed by atoms with Gasteiger partial charge in [0.1, 0.15) is 17.1 Å². The molecule has 0 saturated carbocycles. The first-order chi connectivity index (χ1) is 12.9. The van der Waals surface area contributed by atoms with Crippen molar-refractivity contribution in [3.63, 3.8) is 0 Å². The summed E-state index contributed by atoms with van der Waals surface area (Å²) < 4.78 is 7.23. The summed E-state index contributed by atoms with van der Waals surface area (Å²) in [6.45, 7) is 10.7. The van der Waals surface area contributed by atoms with Gasteiger partial charge in [0.05, 0.1) is 18.7 Å². The van der Waals surface area contributed by atoms with E-state index >= 15 is 0 Å². The van der Waals surface area contributed by atoms with E-state index in [0.29, 0.717) is 18.1 Å². The molecular weight excluding hydrogens is 346 g/mol. The fourth-order valence-corrected chi connectivity index (χ4v) is 3.64. The Morgan fingerprint density at radius 3 is 2.41 bits per heavy atom. The van der Waals surface area contributed by atoms with E-state index in [1.807, 2.05) is 6.07 Å². The Morgan fingerprint density at radius 2 is 1.81 bits per heavy atom. The lowest BCUT2D eigenvalue weighted by Gasteiger charge is -2.34. The molecule has 0 bridgehead atoms. The van der Waals surface area contributed by atoms with Crippen LogP contribution < -0.4 is 4.74 Å². The number of nitro groups is 1. The van der Waals surface area contributed by atoms with E-state index in [9.17, 15) is 10.1 Å². The summed E-state index contributed by atoms with van der Waals surface area (Å²) in [7, 11) is 1.71. The van der Waals surface area contributed by atoms with Crippen LogP contribution in [0, 0.1) is 30.9 Å². The van der Waals surface area contributed by atoms with Crippen molar-refractivity contribution in [2.24, 2.45) is 0 Å². The number of rotatable bonds is 6. The van der Waals surface area contributed by atoms with Gasteiger partial charge in [-0.25, -0.2) is 4.68 Å². The number of nitrogens with zero attached hydrogens (tertiary/aromatic N) is 5. The number of methoxy groups -OCH3 is 1. The van der Waals surface area contributed by atoms with Crippen LogP contribution in [0.5, 0.6) is 5.75 Å². The van der Waals surface area contributed by atoms with Crippen LogP contribution in [0.3, 0.4) is 0 Å². The second-order valence-corrected chi connectivity index (χ2v) is 7.13. The van der Waals surface area contributed by atoms with Gasteiger partial charge in [0, 0.05) is 38.3 Å². The molecule has 27 heavy (non-hydrogen) atoms. The minimum atomic E-state index is -0.346. The van der Waals surface area contributed by atoms with Gasteiger partial charge in [0.15, 0.2) is 0 Å². The summed E-state index contributed by atoms with van der Waals surface area (Å²) in [4.78, 5) is 15.5. The van der Waals surface area contributed by atoms with Gasteiger partial charge in [-0.2, -0.15) is 5.10 Å². The summed E-state index contributed by atoms with van der Waals surface area (Å²) in [5, 5.41) is 15.5. The lowest BCUT2D eigenvalue weighted by molar-refractivity contribution is -0.386. The lowest BCUT2D eigenvalue weighted by Crippen LogP contribution is -2.46. The van der Waals surface area contributed by atoms with E-state index in [2.05, 4.69) is 34.0 Å². The molecule has 3 rings (SSSR count). The average molecular weight is 373 g/mol. The van der Waals surface area contributed by atoms with Crippen LogP contribution in [-0.2, 0) is 13.2 Å². The van der Waals surface area contributed by atoms with Gasteiger partial charge in [-0.3, -0.25) is 19.9 Å². The number of piperazine rings is 1. The quantitative estimate of drug-likeness (QED) is 0.572. The molecule has 0 aliphatic carbocycles. The number of hydrogen-bond donors (Lipinski definition) is 0. The molecule has 0 amide bonds. The summed E-state index contributed by atoms with van der Waals surface area (Å²) in [6, 6.07) is 6.27. The van der Waals surface area contributed by atoms with Crippen LogP contribution >= 0.6 is 0 Å². The Morgan fingerprint density at radius 1 is 1.15 bits per heavy atom. The molecule has 0 radical (unpaired) electrons. The van der Waals surface area contributed by atoms with Gasteiger partial charge >= 0.3 is 5.69 Å². The van der Waals surface area contributed by atoms with Crippen molar-refractivity contribution < 1.29 is 9.66 Å². The van der Waals surface area contributed by atoms with Gasteiger partial charge in [0.2, 0.25) is 0 Å². The van der Waals surface area contributed by atoms with Crippen molar-refractivity contribution in [3.8, 4) is 5.75 Å². The number of aromatic nitrogens is 2. The molecule has 1 fully saturated rings. The molecule has 8 nitrogen and oxygen atoms in total. The van der Waals surface area contributed by atoms with E-state index in [1.54, 1.807) is 25.6 Å². The monoisotopic (exact) mass is 373 g/mol. The SMILES string of the molecule is COc1ccc(C)cc1CN1CCN(Cn2nc(C)c([N+](=O)[O-])c2C)CC1. The molecule has 1 aromatic heterocycles. The minimum absolute atomic E-state index is 0.125. The highest BCUT2D eigenvalue weighted by atomic mass is 16.6. The third-order valence-corrected chi connectivity index (χ3v) is 5.15. The predicted octanol–water partition coefficient (Wildman–Crippen LogP) is 2.50. The molecule has 2 aromatic rings. The summed E-state index contributed by atoms with van der Waals surface area (Å²) in [6.07, 6.45) is 0. The smallest absolute Gasteiger partial charge is 0.312 e. The van der Waals surface area contributed by atoms with Crippen LogP contribution in [0.4, 0.5) is 5.69 Å². The third-order valence-electron chi connectivity index (χ3n) is 5.15. The van der Waals surface area contributed by atoms with Crippen LogP contribution in [0.25, 0.3) is 0 Å². The number of hydrogen-bond acceptors (Lipinski definition) is 6. The average Bonchev–Trinajstić information content (AvgIpc) is 2.90. The Hall–Kier alpha value is -2.45. The molecule has 0 atom stereocenters. The molecule has 1 aromatic carbocycles. The Kier molecular flexibility index (Phi) is 5.76.